The maximum absolute atomic E-state index is 12.1. The minimum Gasteiger partial charge on any atom is -0.465 e. The number of carbonyl (C=O) groups is 2. The molecule has 4 saturated carbocycles. The van der Waals surface area contributed by atoms with Crippen LogP contribution in [0.4, 0.5) is 0 Å². The molecule has 0 bridgehead atoms. The van der Waals surface area contributed by atoms with Gasteiger partial charge in [-0.2, -0.15) is 0 Å². The molecule has 0 aromatic rings. The van der Waals surface area contributed by atoms with Crippen LogP contribution in [0.1, 0.15) is 78.1 Å². The van der Waals surface area contributed by atoms with Crippen molar-refractivity contribution < 1.29 is 14.3 Å². The summed E-state index contributed by atoms with van der Waals surface area (Å²) >= 11 is 0. The van der Waals surface area contributed by atoms with Crippen molar-refractivity contribution in [3.8, 4) is 0 Å². The summed E-state index contributed by atoms with van der Waals surface area (Å²) in [5, 5.41) is 0. The SMILES string of the molecule is CC(=O)OC[C@]12CCC(=O)CC1CC[C@@H]1[C@H]2CC[C@]2(C)CCC[C@@H]12. The first kappa shape index (κ1) is 16.6. The molecule has 6 atom stereocenters. The van der Waals surface area contributed by atoms with Crippen LogP contribution in [0.15, 0.2) is 0 Å². The lowest BCUT2D eigenvalue weighted by Crippen LogP contribution is -2.56. The highest BCUT2D eigenvalue weighted by Gasteiger charge is 2.60. The van der Waals surface area contributed by atoms with E-state index in [-0.39, 0.29) is 11.4 Å². The van der Waals surface area contributed by atoms with Gasteiger partial charge in [0.15, 0.2) is 0 Å². The Labute approximate surface area is 145 Å². The van der Waals surface area contributed by atoms with Crippen molar-refractivity contribution in [1.82, 2.24) is 0 Å². The molecule has 0 radical (unpaired) electrons. The summed E-state index contributed by atoms with van der Waals surface area (Å²) in [4.78, 5) is 23.6. The van der Waals surface area contributed by atoms with Crippen LogP contribution in [0.3, 0.4) is 0 Å². The first-order chi connectivity index (χ1) is 11.4. The summed E-state index contributed by atoms with van der Waals surface area (Å²) in [6.45, 7) is 4.61. The third-order valence-electron chi connectivity index (χ3n) is 8.51. The molecule has 0 saturated heterocycles. The molecule has 0 heterocycles. The Balaban J connectivity index is 1.65. The molecule has 0 aromatic heterocycles. The zero-order valence-electron chi connectivity index (χ0n) is 15.3. The van der Waals surface area contributed by atoms with Crippen LogP contribution in [0.25, 0.3) is 0 Å². The molecular weight excluding hydrogens is 300 g/mol. The van der Waals surface area contributed by atoms with Gasteiger partial charge in [-0.25, -0.2) is 0 Å². The molecule has 0 N–H and O–H groups in total. The van der Waals surface area contributed by atoms with Gasteiger partial charge in [0.1, 0.15) is 5.78 Å². The lowest BCUT2D eigenvalue weighted by atomic mass is 9.45. The summed E-state index contributed by atoms with van der Waals surface area (Å²) in [5.74, 6) is 3.04. The standard InChI is InChI=1S/C21H32O3/c1-14(22)24-13-21-11-7-16(23)12-15(21)5-6-17-18-4-3-9-20(18,2)10-8-19(17)21/h15,17-19H,3-13H2,1-2H3/t15?,17-,18-,19+,20-,21+/m0/s1. The van der Waals surface area contributed by atoms with Gasteiger partial charge in [-0.15, -0.1) is 0 Å². The van der Waals surface area contributed by atoms with Crippen LogP contribution in [-0.4, -0.2) is 18.4 Å². The molecule has 0 aliphatic heterocycles. The van der Waals surface area contributed by atoms with E-state index in [4.69, 9.17) is 4.74 Å². The Morgan fingerprint density at radius 2 is 1.96 bits per heavy atom. The molecule has 1 unspecified atom stereocenters. The van der Waals surface area contributed by atoms with E-state index in [2.05, 4.69) is 6.92 Å². The number of rotatable bonds is 2. The van der Waals surface area contributed by atoms with E-state index in [1.165, 1.54) is 51.9 Å². The fraction of sp³-hybridized carbons (Fsp3) is 0.905. The van der Waals surface area contributed by atoms with E-state index in [0.717, 1.165) is 24.7 Å². The summed E-state index contributed by atoms with van der Waals surface area (Å²) < 4.78 is 5.61. The topological polar surface area (TPSA) is 43.4 Å². The quantitative estimate of drug-likeness (QED) is 0.698. The van der Waals surface area contributed by atoms with E-state index >= 15 is 0 Å². The summed E-state index contributed by atoms with van der Waals surface area (Å²) in [6, 6.07) is 0. The van der Waals surface area contributed by atoms with Crippen LogP contribution >= 0.6 is 0 Å². The molecule has 4 aliphatic carbocycles. The van der Waals surface area contributed by atoms with Gasteiger partial charge in [-0.05, 0) is 74.0 Å². The van der Waals surface area contributed by atoms with Gasteiger partial charge >= 0.3 is 5.97 Å². The van der Waals surface area contributed by atoms with Gasteiger partial charge in [0.25, 0.3) is 0 Å². The van der Waals surface area contributed by atoms with E-state index < -0.39 is 0 Å². The fourth-order valence-corrected chi connectivity index (χ4v) is 7.36. The molecule has 3 nitrogen and oxygen atoms in total. The number of fused-ring (bicyclic) bond motifs is 5. The lowest BCUT2D eigenvalue weighted by molar-refractivity contribution is -0.168. The summed E-state index contributed by atoms with van der Waals surface area (Å²) in [5.41, 5.74) is 0.646. The van der Waals surface area contributed by atoms with Crippen LogP contribution in [0, 0.1) is 34.5 Å². The predicted molar refractivity (Wildman–Crippen MR) is 92.3 cm³/mol. The fourth-order valence-electron chi connectivity index (χ4n) is 7.36. The molecule has 0 spiro atoms. The molecule has 4 rings (SSSR count). The van der Waals surface area contributed by atoms with E-state index in [1.54, 1.807) is 0 Å². The molecule has 24 heavy (non-hydrogen) atoms. The van der Waals surface area contributed by atoms with Crippen molar-refractivity contribution in [3.05, 3.63) is 0 Å². The smallest absolute Gasteiger partial charge is 0.302 e. The average Bonchev–Trinajstić information content (AvgIpc) is 2.94. The normalized spacial score (nSPS) is 47.5. The van der Waals surface area contributed by atoms with Crippen molar-refractivity contribution >= 4 is 11.8 Å². The second-order valence-electron chi connectivity index (χ2n) is 9.49. The highest BCUT2D eigenvalue weighted by molar-refractivity contribution is 5.79. The highest BCUT2D eigenvalue weighted by atomic mass is 16.5. The van der Waals surface area contributed by atoms with E-state index in [0.29, 0.717) is 36.1 Å². The van der Waals surface area contributed by atoms with Crippen molar-refractivity contribution in [1.29, 1.82) is 0 Å². The second-order valence-corrected chi connectivity index (χ2v) is 9.49. The number of hydrogen-bond donors (Lipinski definition) is 0. The minimum atomic E-state index is -0.163. The van der Waals surface area contributed by atoms with Crippen molar-refractivity contribution in [2.45, 2.75) is 78.1 Å². The van der Waals surface area contributed by atoms with E-state index in [1.807, 2.05) is 0 Å². The Morgan fingerprint density at radius 3 is 2.75 bits per heavy atom. The highest BCUT2D eigenvalue weighted by Crippen LogP contribution is 2.66. The maximum Gasteiger partial charge on any atom is 0.302 e. The number of ketones is 1. The van der Waals surface area contributed by atoms with Crippen molar-refractivity contribution in [2.75, 3.05) is 6.61 Å². The Morgan fingerprint density at radius 1 is 1.12 bits per heavy atom. The minimum absolute atomic E-state index is 0.0897. The Bertz CT molecular complexity index is 541. The Hall–Kier alpha value is -0.860. The average molecular weight is 332 g/mol. The van der Waals surface area contributed by atoms with E-state index in [9.17, 15) is 9.59 Å². The number of ether oxygens (including phenoxy) is 1. The first-order valence-corrected chi connectivity index (χ1v) is 10.1. The largest absolute Gasteiger partial charge is 0.465 e. The number of esters is 1. The Kier molecular flexibility index (Phi) is 4.04. The van der Waals surface area contributed by atoms with Crippen LogP contribution in [0.2, 0.25) is 0 Å². The third-order valence-corrected chi connectivity index (χ3v) is 8.51. The first-order valence-electron chi connectivity index (χ1n) is 10.1. The second kappa shape index (κ2) is 5.85. The predicted octanol–water partition coefficient (Wildman–Crippen LogP) is 4.53. The molecule has 4 fully saturated rings. The number of hydrogen-bond acceptors (Lipinski definition) is 3. The molecule has 0 aromatic carbocycles. The number of carbonyl (C=O) groups excluding carboxylic acids is 2. The molecular formula is C21H32O3. The molecule has 0 amide bonds. The van der Waals surface area contributed by atoms with Crippen LogP contribution in [-0.2, 0) is 14.3 Å². The summed E-state index contributed by atoms with van der Waals surface area (Å²) in [7, 11) is 0. The molecule has 134 valence electrons. The van der Waals surface area contributed by atoms with Gasteiger partial charge in [0.05, 0.1) is 6.61 Å². The lowest BCUT2D eigenvalue weighted by Gasteiger charge is -2.60. The van der Waals surface area contributed by atoms with Crippen molar-refractivity contribution in [3.63, 3.8) is 0 Å². The van der Waals surface area contributed by atoms with Gasteiger partial charge < -0.3 is 4.74 Å². The molecule has 4 aliphatic rings. The van der Waals surface area contributed by atoms with Gasteiger partial charge in [0.2, 0.25) is 0 Å². The van der Waals surface area contributed by atoms with Gasteiger partial charge in [-0.1, -0.05) is 13.3 Å². The third kappa shape index (κ3) is 2.45. The maximum atomic E-state index is 12.1. The van der Waals surface area contributed by atoms with Gasteiger partial charge in [-0.3, -0.25) is 9.59 Å². The van der Waals surface area contributed by atoms with Crippen molar-refractivity contribution in [2.24, 2.45) is 34.5 Å². The zero-order chi connectivity index (χ0) is 16.9. The monoisotopic (exact) mass is 332 g/mol. The number of Topliss-reactive ketones (excluding diaryl/α,β-unsaturated/α-hetero) is 1. The molecule has 3 heteroatoms. The van der Waals surface area contributed by atoms with Gasteiger partial charge in [0, 0.05) is 25.2 Å². The van der Waals surface area contributed by atoms with Crippen LogP contribution < -0.4 is 0 Å². The summed E-state index contributed by atoms with van der Waals surface area (Å²) in [6.07, 6.45) is 11.6. The van der Waals surface area contributed by atoms with Crippen LogP contribution in [0.5, 0.6) is 0 Å². The zero-order valence-corrected chi connectivity index (χ0v) is 15.3.